The second-order valence-electron chi connectivity index (χ2n) is 4.16. The number of halogens is 2. The minimum Gasteiger partial charge on any atom is -0.469 e. The van der Waals surface area contributed by atoms with E-state index in [1.54, 1.807) is 18.4 Å². The first-order chi connectivity index (χ1) is 8.60. The van der Waals surface area contributed by atoms with Crippen LogP contribution in [0.5, 0.6) is 0 Å². The molecule has 0 bridgehead atoms. The van der Waals surface area contributed by atoms with E-state index in [1.807, 2.05) is 13.0 Å². The van der Waals surface area contributed by atoms with E-state index < -0.39 is 5.82 Å². The Balaban J connectivity index is 2.17. The number of furan rings is 1. The zero-order chi connectivity index (χ0) is 13.1. The van der Waals surface area contributed by atoms with Crippen LogP contribution in [-0.4, -0.2) is 0 Å². The average molecular weight is 269 g/mol. The Morgan fingerprint density at radius 1 is 1.44 bits per heavy atom. The predicted octanol–water partition coefficient (Wildman–Crippen LogP) is 3.13. The van der Waals surface area contributed by atoms with E-state index in [4.69, 9.17) is 21.9 Å². The largest absolute Gasteiger partial charge is 0.469 e. The summed E-state index contributed by atoms with van der Waals surface area (Å²) in [7, 11) is 0. The van der Waals surface area contributed by atoms with E-state index in [9.17, 15) is 4.39 Å². The molecule has 1 heterocycles. The van der Waals surface area contributed by atoms with Gasteiger partial charge in [0.05, 0.1) is 17.3 Å². The summed E-state index contributed by atoms with van der Waals surface area (Å²) in [5.41, 5.74) is 4.45. The highest BCUT2D eigenvalue weighted by Gasteiger charge is 2.13. The van der Waals surface area contributed by atoms with Gasteiger partial charge in [0.2, 0.25) is 0 Å². The maximum Gasteiger partial charge on any atom is 0.142 e. The molecule has 96 valence electrons. The number of hydrogen-bond donors (Lipinski definition) is 2. The zero-order valence-corrected chi connectivity index (χ0v) is 10.7. The third-order valence-corrected chi connectivity index (χ3v) is 3.08. The molecule has 0 spiro atoms. The van der Waals surface area contributed by atoms with Crippen LogP contribution in [0, 0.1) is 12.7 Å². The van der Waals surface area contributed by atoms with Crippen molar-refractivity contribution in [3.05, 3.63) is 58.3 Å². The van der Waals surface area contributed by atoms with Gasteiger partial charge >= 0.3 is 0 Å². The summed E-state index contributed by atoms with van der Waals surface area (Å²) in [5.74, 6) is 5.91. The van der Waals surface area contributed by atoms with Gasteiger partial charge in [0.15, 0.2) is 0 Å². The topological polar surface area (TPSA) is 51.2 Å². The molecule has 0 fully saturated rings. The molecule has 1 unspecified atom stereocenters. The fraction of sp³-hybridized carbons (Fsp3) is 0.231. The molecule has 0 amide bonds. The summed E-state index contributed by atoms with van der Waals surface area (Å²) in [6.07, 6.45) is 2.20. The molecule has 1 atom stereocenters. The van der Waals surface area contributed by atoms with Crippen molar-refractivity contribution in [2.24, 2.45) is 5.84 Å². The third-order valence-electron chi connectivity index (χ3n) is 2.78. The van der Waals surface area contributed by atoms with Crippen LogP contribution < -0.4 is 11.3 Å². The molecule has 1 aromatic heterocycles. The maximum atomic E-state index is 13.3. The lowest BCUT2D eigenvalue weighted by molar-refractivity contribution is 0.511. The Morgan fingerprint density at radius 2 is 2.22 bits per heavy atom. The molecule has 3 N–H and O–H groups in total. The smallest absolute Gasteiger partial charge is 0.142 e. The lowest BCUT2D eigenvalue weighted by Gasteiger charge is -2.14. The second-order valence-corrected chi connectivity index (χ2v) is 4.57. The molecular formula is C13H14ClFN2O. The predicted molar refractivity (Wildman–Crippen MR) is 68.6 cm³/mol. The van der Waals surface area contributed by atoms with Crippen LogP contribution in [0.25, 0.3) is 0 Å². The monoisotopic (exact) mass is 268 g/mol. The lowest BCUT2D eigenvalue weighted by atomic mass is 10.0. The number of nitrogens with one attached hydrogen (secondary N) is 1. The number of rotatable bonds is 4. The van der Waals surface area contributed by atoms with Crippen molar-refractivity contribution in [2.45, 2.75) is 19.4 Å². The van der Waals surface area contributed by atoms with Crippen LogP contribution in [0.1, 0.15) is 22.9 Å². The van der Waals surface area contributed by atoms with E-state index in [1.165, 1.54) is 6.07 Å². The molecule has 0 aliphatic rings. The standard InChI is InChI=1S/C13H14ClFN2O/c1-8-4-10(7-18-8)13(17-16)6-9-2-3-11(14)12(15)5-9/h2-5,7,13,17H,6,16H2,1H3. The van der Waals surface area contributed by atoms with Gasteiger partial charge in [-0.25, -0.2) is 4.39 Å². The third kappa shape index (κ3) is 2.90. The molecule has 2 aromatic rings. The number of nitrogens with two attached hydrogens (primary N) is 1. The Bertz CT molecular complexity index is 542. The minimum absolute atomic E-state index is 0.121. The second kappa shape index (κ2) is 5.52. The molecule has 2 rings (SSSR count). The number of hydrogen-bond acceptors (Lipinski definition) is 3. The number of benzene rings is 1. The summed E-state index contributed by atoms with van der Waals surface area (Å²) < 4.78 is 18.6. The molecule has 0 aliphatic heterocycles. The number of aryl methyl sites for hydroxylation is 1. The van der Waals surface area contributed by atoms with Crippen molar-refractivity contribution in [3.8, 4) is 0 Å². The van der Waals surface area contributed by atoms with Crippen molar-refractivity contribution in [1.82, 2.24) is 5.43 Å². The summed E-state index contributed by atoms with van der Waals surface area (Å²) in [4.78, 5) is 0. The Hall–Kier alpha value is -1.36. The first-order valence-corrected chi connectivity index (χ1v) is 5.93. The summed E-state index contributed by atoms with van der Waals surface area (Å²) in [6.45, 7) is 1.86. The van der Waals surface area contributed by atoms with E-state index in [0.29, 0.717) is 6.42 Å². The van der Waals surface area contributed by atoms with E-state index >= 15 is 0 Å². The molecule has 0 saturated heterocycles. The van der Waals surface area contributed by atoms with Crippen molar-refractivity contribution >= 4 is 11.6 Å². The highest BCUT2D eigenvalue weighted by Crippen LogP contribution is 2.22. The average Bonchev–Trinajstić information content (AvgIpc) is 2.77. The fourth-order valence-electron chi connectivity index (χ4n) is 1.82. The van der Waals surface area contributed by atoms with Crippen molar-refractivity contribution in [3.63, 3.8) is 0 Å². The van der Waals surface area contributed by atoms with E-state index in [0.717, 1.165) is 16.9 Å². The quantitative estimate of drug-likeness (QED) is 0.662. The zero-order valence-electron chi connectivity index (χ0n) is 9.91. The Morgan fingerprint density at radius 3 is 2.78 bits per heavy atom. The molecule has 0 saturated carbocycles. The van der Waals surface area contributed by atoms with Gasteiger partial charge in [-0.2, -0.15) is 0 Å². The molecule has 3 nitrogen and oxygen atoms in total. The molecule has 1 aromatic carbocycles. The van der Waals surface area contributed by atoms with E-state index in [2.05, 4.69) is 5.43 Å². The van der Waals surface area contributed by atoms with Gasteiger partial charge in [0.25, 0.3) is 0 Å². The summed E-state index contributed by atoms with van der Waals surface area (Å²) >= 11 is 5.64. The SMILES string of the molecule is Cc1cc(C(Cc2ccc(Cl)c(F)c2)NN)co1. The maximum absolute atomic E-state index is 13.3. The first-order valence-electron chi connectivity index (χ1n) is 5.55. The van der Waals surface area contributed by atoms with Crippen molar-refractivity contribution in [2.75, 3.05) is 0 Å². The molecule has 0 radical (unpaired) electrons. The van der Waals surface area contributed by atoms with Gasteiger partial charge in [0, 0.05) is 5.56 Å². The van der Waals surface area contributed by atoms with E-state index in [-0.39, 0.29) is 11.1 Å². The van der Waals surface area contributed by atoms with Gasteiger partial charge in [-0.05, 0) is 37.1 Å². The van der Waals surface area contributed by atoms with Gasteiger partial charge in [-0.15, -0.1) is 0 Å². The highest BCUT2D eigenvalue weighted by atomic mass is 35.5. The normalized spacial score (nSPS) is 12.7. The summed E-state index contributed by atoms with van der Waals surface area (Å²) in [6, 6.07) is 6.52. The van der Waals surface area contributed by atoms with Gasteiger partial charge < -0.3 is 4.42 Å². The van der Waals surface area contributed by atoms with Crippen LogP contribution in [0.2, 0.25) is 5.02 Å². The molecular weight excluding hydrogens is 255 g/mol. The van der Waals surface area contributed by atoms with Gasteiger partial charge in [0.1, 0.15) is 11.6 Å². The Kier molecular flexibility index (Phi) is 4.01. The van der Waals surface area contributed by atoms with Crippen LogP contribution in [-0.2, 0) is 6.42 Å². The van der Waals surface area contributed by atoms with Gasteiger partial charge in [-0.1, -0.05) is 17.7 Å². The van der Waals surface area contributed by atoms with Crippen molar-refractivity contribution < 1.29 is 8.81 Å². The van der Waals surface area contributed by atoms with Crippen LogP contribution in [0.3, 0.4) is 0 Å². The molecule has 0 aliphatic carbocycles. The summed E-state index contributed by atoms with van der Waals surface area (Å²) in [5, 5.41) is 0.121. The highest BCUT2D eigenvalue weighted by molar-refractivity contribution is 6.30. The van der Waals surface area contributed by atoms with Crippen molar-refractivity contribution in [1.29, 1.82) is 0 Å². The Labute approximate surface area is 110 Å². The molecule has 18 heavy (non-hydrogen) atoms. The first kappa shape index (κ1) is 13.1. The minimum atomic E-state index is -0.423. The molecule has 5 heteroatoms. The lowest BCUT2D eigenvalue weighted by Crippen LogP contribution is -2.29. The van der Waals surface area contributed by atoms with Crippen LogP contribution >= 0.6 is 11.6 Å². The van der Waals surface area contributed by atoms with Crippen LogP contribution in [0.15, 0.2) is 34.9 Å². The van der Waals surface area contributed by atoms with Crippen LogP contribution in [0.4, 0.5) is 4.39 Å². The van der Waals surface area contributed by atoms with Gasteiger partial charge in [-0.3, -0.25) is 11.3 Å². The fourth-order valence-corrected chi connectivity index (χ4v) is 1.94. The number of hydrazine groups is 1.